The molecule has 3 amide bonds. The molecule has 0 bridgehead atoms. The molecule has 1 saturated heterocycles. The number of carbonyl (C=O) groups excluding carboxylic acids is 3. The molecule has 3 atom stereocenters. The fourth-order valence-corrected chi connectivity index (χ4v) is 4.30. The second-order valence-corrected chi connectivity index (χ2v) is 11.4. The highest BCUT2D eigenvalue weighted by molar-refractivity contribution is 5.95. The number of hydrogen-bond donors (Lipinski definition) is 3. The van der Waals surface area contributed by atoms with Gasteiger partial charge < -0.3 is 39.3 Å². The largest absolute Gasteiger partial charge is 0.448 e. The molecule has 12 heteroatoms. The smallest absolute Gasteiger partial charge is 0.278 e. The Morgan fingerprint density at radius 1 is 1.11 bits per heavy atom. The van der Waals surface area contributed by atoms with E-state index < -0.39 is 29.1 Å². The van der Waals surface area contributed by atoms with E-state index in [1.807, 2.05) is 31.2 Å². The summed E-state index contributed by atoms with van der Waals surface area (Å²) in [7, 11) is 3.16. The van der Waals surface area contributed by atoms with Crippen molar-refractivity contribution in [2.75, 3.05) is 40.6 Å². The van der Waals surface area contributed by atoms with Crippen LogP contribution in [0.3, 0.4) is 0 Å². The van der Waals surface area contributed by atoms with Crippen molar-refractivity contribution in [2.45, 2.75) is 52.0 Å². The molecule has 256 valence electrons. The highest BCUT2D eigenvalue weighted by Crippen LogP contribution is 2.26. The molecule has 0 radical (unpaired) electrons. The topological polar surface area (TPSA) is 152 Å². The van der Waals surface area contributed by atoms with E-state index in [4.69, 9.17) is 18.6 Å². The van der Waals surface area contributed by atoms with Crippen LogP contribution >= 0.6 is 0 Å². The maximum Gasteiger partial charge on any atom is 0.278 e. The van der Waals surface area contributed by atoms with Gasteiger partial charge in [0.1, 0.15) is 12.4 Å². The average molecular weight is 653 g/mol. The Kier molecular flexibility index (Phi) is 16.5. The fourth-order valence-electron chi connectivity index (χ4n) is 4.30. The van der Waals surface area contributed by atoms with Crippen molar-refractivity contribution in [1.82, 2.24) is 20.5 Å². The summed E-state index contributed by atoms with van der Waals surface area (Å²) in [4.78, 5) is 43.5. The number of allylic oxidation sites excluding steroid dienone is 11. The number of oxazole rings is 1. The van der Waals surface area contributed by atoms with E-state index in [1.54, 1.807) is 83.7 Å². The van der Waals surface area contributed by atoms with Crippen molar-refractivity contribution in [2.24, 2.45) is 5.41 Å². The summed E-state index contributed by atoms with van der Waals surface area (Å²) in [5.74, 6) is -0.446. The van der Waals surface area contributed by atoms with Crippen LogP contribution in [0, 0.1) is 5.41 Å². The number of methoxy groups -OCH3 is 1. The Balaban J connectivity index is 1.75. The van der Waals surface area contributed by atoms with E-state index in [0.717, 1.165) is 5.76 Å². The predicted molar refractivity (Wildman–Crippen MR) is 178 cm³/mol. The maximum atomic E-state index is 13.0. The quantitative estimate of drug-likeness (QED) is 0.160. The highest BCUT2D eigenvalue weighted by Gasteiger charge is 2.47. The number of rotatable bonds is 18. The van der Waals surface area contributed by atoms with Gasteiger partial charge in [-0.2, -0.15) is 0 Å². The molecule has 1 fully saturated rings. The van der Waals surface area contributed by atoms with Gasteiger partial charge in [0.05, 0.1) is 23.8 Å². The van der Waals surface area contributed by atoms with E-state index in [2.05, 4.69) is 15.6 Å². The number of aliphatic hydroxyl groups excluding tert-OH is 1. The summed E-state index contributed by atoms with van der Waals surface area (Å²) in [5, 5.41) is 16.2. The number of carbonyl (C=O) groups is 3. The second-order valence-electron chi connectivity index (χ2n) is 11.4. The van der Waals surface area contributed by atoms with Crippen molar-refractivity contribution in [3.63, 3.8) is 0 Å². The van der Waals surface area contributed by atoms with Crippen molar-refractivity contribution in [1.29, 1.82) is 0 Å². The van der Waals surface area contributed by atoms with Gasteiger partial charge in [-0.1, -0.05) is 72.9 Å². The van der Waals surface area contributed by atoms with Crippen LogP contribution in [-0.4, -0.2) is 91.3 Å². The molecule has 1 aliphatic heterocycles. The molecule has 1 aliphatic rings. The van der Waals surface area contributed by atoms with E-state index in [-0.39, 0.29) is 32.0 Å². The third-order valence-electron chi connectivity index (χ3n) is 7.18. The molecule has 3 N–H and O–H groups in total. The van der Waals surface area contributed by atoms with Gasteiger partial charge in [0, 0.05) is 39.7 Å². The van der Waals surface area contributed by atoms with E-state index in [1.165, 1.54) is 23.4 Å². The number of ether oxygens (including phenoxy) is 3. The third kappa shape index (κ3) is 13.1. The molecule has 0 saturated carbocycles. The molecule has 0 aliphatic carbocycles. The number of hydrogen-bond acceptors (Lipinski definition) is 9. The van der Waals surface area contributed by atoms with Crippen LogP contribution in [0.2, 0.25) is 0 Å². The maximum absolute atomic E-state index is 13.0. The lowest BCUT2D eigenvalue weighted by molar-refractivity contribution is -0.158. The van der Waals surface area contributed by atoms with Gasteiger partial charge in [-0.15, -0.1) is 0 Å². The Morgan fingerprint density at radius 3 is 2.45 bits per heavy atom. The number of amides is 3. The fraction of sp³-hybridized carbons (Fsp3) is 0.429. The van der Waals surface area contributed by atoms with Crippen molar-refractivity contribution < 1.29 is 38.1 Å². The highest BCUT2D eigenvalue weighted by atomic mass is 16.7. The van der Waals surface area contributed by atoms with Gasteiger partial charge in [0.25, 0.3) is 5.91 Å². The zero-order chi connectivity index (χ0) is 34.7. The second kappa shape index (κ2) is 20.0. The van der Waals surface area contributed by atoms with Gasteiger partial charge in [0.2, 0.25) is 17.5 Å². The molecule has 0 spiro atoms. The summed E-state index contributed by atoms with van der Waals surface area (Å²) in [6, 6.07) is 0. The standard InChI is InChI=1S/C35H48N4O8/c1-27(18-14-11-12-15-19-29-22-36-25-46-29)31(41)34(3,4)32(42)37-21-17-13-9-7-8-10-16-20-30(40)38-35(24-45-26-47-35)33(43)39(5)23-28(2)44-6/h7-18,20,22,25,28,31,41H,19,21,23-24,26H2,1-6H3,(H,37,42)(H,38,40)/b9-7+,10-8+,14-11-,15-12+,17-13-,20-16+,27-18-. The van der Waals surface area contributed by atoms with Crippen LogP contribution in [-0.2, 0) is 35.0 Å². The number of likely N-dealkylation sites (N-methyl/N-ethyl adjacent to an activating group) is 1. The first-order valence-electron chi connectivity index (χ1n) is 15.3. The first-order valence-corrected chi connectivity index (χ1v) is 15.3. The summed E-state index contributed by atoms with van der Waals surface area (Å²) in [5.41, 5.74) is -1.97. The number of nitrogens with zero attached hydrogens (tertiary/aromatic N) is 2. The Morgan fingerprint density at radius 2 is 1.79 bits per heavy atom. The predicted octanol–water partition coefficient (Wildman–Crippen LogP) is 3.31. The first kappa shape index (κ1) is 38.8. The minimum Gasteiger partial charge on any atom is -0.448 e. The van der Waals surface area contributed by atoms with Crippen LogP contribution in [0.25, 0.3) is 0 Å². The zero-order valence-corrected chi connectivity index (χ0v) is 28.0. The average Bonchev–Trinajstić information content (AvgIpc) is 3.75. The number of aliphatic hydroxyl groups is 1. The van der Waals surface area contributed by atoms with Crippen molar-refractivity contribution >= 4 is 17.7 Å². The van der Waals surface area contributed by atoms with E-state index >= 15 is 0 Å². The SMILES string of the molecule is COC(C)CN(C)C(=O)C1(NC(=O)/C=C/C=C/C=C/C=C\CNC(=O)C(C)(C)C(O)\C(C)=C/C=C\C=C\Cc2cnco2)COCO1. The van der Waals surface area contributed by atoms with Crippen LogP contribution in [0.1, 0.15) is 33.5 Å². The zero-order valence-electron chi connectivity index (χ0n) is 28.0. The lowest BCUT2D eigenvalue weighted by Crippen LogP contribution is -2.61. The number of aromatic nitrogens is 1. The lowest BCUT2D eigenvalue weighted by Gasteiger charge is -2.31. The molecule has 0 aromatic carbocycles. The number of nitrogens with one attached hydrogen (secondary N) is 2. The van der Waals surface area contributed by atoms with Crippen LogP contribution in [0.4, 0.5) is 0 Å². The molecule has 47 heavy (non-hydrogen) atoms. The Bertz CT molecular complexity index is 1350. The molecular weight excluding hydrogens is 604 g/mol. The summed E-state index contributed by atoms with van der Waals surface area (Å²) < 4.78 is 21.1. The molecule has 1 aromatic heterocycles. The van der Waals surface area contributed by atoms with Gasteiger partial charge in [-0.05, 0) is 33.3 Å². The van der Waals surface area contributed by atoms with Gasteiger partial charge in [-0.25, -0.2) is 4.98 Å². The summed E-state index contributed by atoms with van der Waals surface area (Å²) >= 11 is 0. The molecule has 2 heterocycles. The first-order chi connectivity index (χ1) is 22.4. The summed E-state index contributed by atoms with van der Waals surface area (Å²) in [6.07, 6.45) is 25.0. The Labute approximate surface area is 277 Å². The Hall–Kier alpha value is -4.36. The minimum atomic E-state index is -1.59. The molecule has 2 rings (SSSR count). The van der Waals surface area contributed by atoms with Crippen LogP contribution in [0.15, 0.2) is 102 Å². The molecule has 1 aromatic rings. The van der Waals surface area contributed by atoms with Crippen LogP contribution < -0.4 is 10.6 Å². The van der Waals surface area contributed by atoms with Crippen molar-refractivity contribution in [3.05, 3.63) is 103 Å². The minimum absolute atomic E-state index is 0.0971. The van der Waals surface area contributed by atoms with E-state index in [0.29, 0.717) is 18.5 Å². The molecular formula is C35H48N4O8. The van der Waals surface area contributed by atoms with Gasteiger partial charge in [-0.3, -0.25) is 14.4 Å². The van der Waals surface area contributed by atoms with Gasteiger partial charge in [0.15, 0.2) is 13.2 Å². The lowest BCUT2D eigenvalue weighted by atomic mass is 9.81. The summed E-state index contributed by atoms with van der Waals surface area (Å²) in [6.45, 7) is 7.41. The van der Waals surface area contributed by atoms with Crippen LogP contribution in [0.5, 0.6) is 0 Å². The van der Waals surface area contributed by atoms with Gasteiger partial charge >= 0.3 is 0 Å². The molecule has 3 unspecified atom stereocenters. The molecule has 12 nitrogen and oxygen atoms in total. The third-order valence-corrected chi connectivity index (χ3v) is 7.18. The normalized spacial score (nSPS) is 19.2. The van der Waals surface area contributed by atoms with Crippen molar-refractivity contribution in [3.8, 4) is 0 Å². The van der Waals surface area contributed by atoms with E-state index in [9.17, 15) is 19.5 Å². The monoisotopic (exact) mass is 652 g/mol.